The molecule has 0 radical (unpaired) electrons. The maximum absolute atomic E-state index is 12.8. The third-order valence-electron chi connectivity index (χ3n) is 1.72. The third-order valence-corrected chi connectivity index (χ3v) is 4.14. The van der Waals surface area contributed by atoms with Gasteiger partial charge in [0.15, 0.2) is 0 Å². The summed E-state index contributed by atoms with van der Waals surface area (Å²) in [5.41, 5.74) is 0.673. The number of hydrogen-bond donors (Lipinski definition) is 0. The fourth-order valence-corrected chi connectivity index (χ4v) is 1.98. The average molecular weight is 352 g/mol. The first-order valence-corrected chi connectivity index (χ1v) is 5.45. The second-order valence-corrected chi connectivity index (χ2v) is 4.54. The lowest BCUT2D eigenvalue weighted by Gasteiger charge is -2.01. The van der Waals surface area contributed by atoms with Gasteiger partial charge in [0.1, 0.15) is 5.82 Å². The molecule has 2 aromatic rings. The van der Waals surface area contributed by atoms with E-state index in [-0.39, 0.29) is 5.82 Å². The van der Waals surface area contributed by atoms with E-state index in [1.165, 1.54) is 12.1 Å². The molecule has 0 amide bonds. The van der Waals surface area contributed by atoms with Gasteiger partial charge in [0.05, 0.1) is 5.52 Å². The highest BCUT2D eigenvalue weighted by Gasteiger charge is 2.04. The largest absolute Gasteiger partial charge is 0.255 e. The van der Waals surface area contributed by atoms with Gasteiger partial charge in [-0.2, -0.15) is 0 Å². The van der Waals surface area contributed by atoms with Crippen LogP contribution in [0.15, 0.2) is 28.9 Å². The first kappa shape index (κ1) is 9.33. The molecule has 0 unspecified atom stereocenters. The van der Waals surface area contributed by atoms with E-state index in [1.807, 2.05) is 0 Å². The maximum atomic E-state index is 12.8. The molecule has 0 aliphatic heterocycles. The molecule has 1 aromatic heterocycles. The molecule has 0 atom stereocenters. The summed E-state index contributed by atoms with van der Waals surface area (Å²) in [5.74, 6) is -0.256. The Morgan fingerprint density at radius 1 is 1.38 bits per heavy atom. The van der Waals surface area contributed by atoms with Gasteiger partial charge in [-0.3, -0.25) is 4.98 Å². The van der Waals surface area contributed by atoms with Crippen molar-refractivity contribution < 1.29 is 4.39 Å². The Hall–Kier alpha value is -0.230. The number of rotatable bonds is 0. The fourth-order valence-electron chi connectivity index (χ4n) is 1.11. The minimum absolute atomic E-state index is 0.256. The number of nitrogens with zero attached hydrogens (tertiary/aromatic N) is 1. The molecule has 0 fully saturated rings. The van der Waals surface area contributed by atoms with Gasteiger partial charge in [0, 0.05) is 25.7 Å². The summed E-state index contributed by atoms with van der Waals surface area (Å²) < 4.78 is 14.8. The first-order valence-electron chi connectivity index (χ1n) is 3.58. The second-order valence-electron chi connectivity index (χ2n) is 2.58. The van der Waals surface area contributed by atoms with Crippen molar-refractivity contribution in [1.29, 1.82) is 0 Å². The van der Waals surface area contributed by atoms with E-state index >= 15 is 0 Å². The van der Waals surface area contributed by atoms with E-state index in [0.29, 0.717) is 5.52 Å². The van der Waals surface area contributed by atoms with Crippen LogP contribution in [0.4, 0.5) is 4.39 Å². The molecule has 13 heavy (non-hydrogen) atoms. The van der Waals surface area contributed by atoms with Crippen LogP contribution in [0.1, 0.15) is 0 Å². The summed E-state index contributed by atoms with van der Waals surface area (Å²) in [6.45, 7) is 0. The molecule has 4 heteroatoms. The SMILES string of the molecule is Fc1ccc2c(Br)c(I)cnc2c1. The Kier molecular flexibility index (Phi) is 2.51. The summed E-state index contributed by atoms with van der Waals surface area (Å²) in [6, 6.07) is 4.59. The van der Waals surface area contributed by atoms with Crippen LogP contribution in [-0.4, -0.2) is 4.98 Å². The molecule has 0 saturated heterocycles. The molecule has 2 rings (SSSR count). The Labute approximate surface area is 96.6 Å². The monoisotopic (exact) mass is 351 g/mol. The Bertz CT molecular complexity index is 472. The van der Waals surface area contributed by atoms with E-state index in [1.54, 1.807) is 12.3 Å². The highest BCUT2D eigenvalue weighted by Crippen LogP contribution is 2.27. The lowest BCUT2D eigenvalue weighted by molar-refractivity contribution is 0.629. The summed E-state index contributed by atoms with van der Waals surface area (Å²) in [4.78, 5) is 4.12. The predicted molar refractivity (Wildman–Crippen MR) is 62.1 cm³/mol. The smallest absolute Gasteiger partial charge is 0.125 e. The van der Waals surface area contributed by atoms with Crippen LogP contribution in [0.5, 0.6) is 0 Å². The van der Waals surface area contributed by atoms with Crippen LogP contribution in [0.25, 0.3) is 10.9 Å². The average Bonchev–Trinajstić information content (AvgIpc) is 2.12. The van der Waals surface area contributed by atoms with Gasteiger partial charge in [-0.25, -0.2) is 4.39 Å². The number of hydrogen-bond acceptors (Lipinski definition) is 1. The van der Waals surface area contributed by atoms with Crippen molar-refractivity contribution in [3.05, 3.63) is 38.3 Å². The number of aromatic nitrogens is 1. The van der Waals surface area contributed by atoms with Gasteiger partial charge in [0.25, 0.3) is 0 Å². The van der Waals surface area contributed by atoms with Crippen molar-refractivity contribution in [3.63, 3.8) is 0 Å². The van der Waals surface area contributed by atoms with Gasteiger partial charge in [-0.05, 0) is 50.7 Å². The minimum Gasteiger partial charge on any atom is -0.255 e. The number of benzene rings is 1. The highest BCUT2D eigenvalue weighted by molar-refractivity contribution is 14.1. The zero-order valence-electron chi connectivity index (χ0n) is 6.39. The molecule has 0 aliphatic rings. The molecule has 0 aliphatic carbocycles. The summed E-state index contributed by atoms with van der Waals surface area (Å²) in [7, 11) is 0. The van der Waals surface area contributed by atoms with Gasteiger partial charge < -0.3 is 0 Å². The molecule has 66 valence electrons. The molecule has 0 bridgehead atoms. The normalized spacial score (nSPS) is 10.7. The van der Waals surface area contributed by atoms with E-state index in [0.717, 1.165) is 13.4 Å². The lowest BCUT2D eigenvalue weighted by Crippen LogP contribution is -1.85. The van der Waals surface area contributed by atoms with Crippen LogP contribution in [0.2, 0.25) is 0 Å². The fraction of sp³-hybridized carbons (Fsp3) is 0. The Morgan fingerprint density at radius 2 is 2.15 bits per heavy atom. The number of halogens is 3. The van der Waals surface area contributed by atoms with Gasteiger partial charge in [0.2, 0.25) is 0 Å². The second kappa shape index (κ2) is 3.49. The lowest BCUT2D eigenvalue weighted by atomic mass is 10.2. The first-order chi connectivity index (χ1) is 6.18. The Balaban J connectivity index is 2.87. The summed E-state index contributed by atoms with van der Waals surface area (Å²) in [5, 5.41) is 0.938. The van der Waals surface area contributed by atoms with Crippen molar-refractivity contribution >= 4 is 49.4 Å². The van der Waals surface area contributed by atoms with Crippen LogP contribution in [-0.2, 0) is 0 Å². The van der Waals surface area contributed by atoms with Crippen LogP contribution < -0.4 is 0 Å². The molecule has 1 nitrogen and oxygen atoms in total. The standard InChI is InChI=1S/C9H4BrFIN/c10-9-6-2-1-5(11)3-8(6)13-4-7(9)12/h1-4H. The molecular weight excluding hydrogens is 348 g/mol. The molecule has 1 heterocycles. The van der Waals surface area contributed by atoms with Crippen molar-refractivity contribution in [2.45, 2.75) is 0 Å². The van der Waals surface area contributed by atoms with Crippen molar-refractivity contribution in [3.8, 4) is 0 Å². The number of pyridine rings is 1. The van der Waals surface area contributed by atoms with E-state index in [9.17, 15) is 4.39 Å². The molecular formula is C9H4BrFIN. The predicted octanol–water partition coefficient (Wildman–Crippen LogP) is 3.74. The molecule has 0 saturated carbocycles. The van der Waals surface area contributed by atoms with Crippen molar-refractivity contribution in [2.24, 2.45) is 0 Å². The van der Waals surface area contributed by atoms with E-state index in [4.69, 9.17) is 0 Å². The maximum Gasteiger partial charge on any atom is 0.125 e. The molecule has 0 spiro atoms. The van der Waals surface area contributed by atoms with Crippen molar-refractivity contribution in [2.75, 3.05) is 0 Å². The van der Waals surface area contributed by atoms with E-state index < -0.39 is 0 Å². The van der Waals surface area contributed by atoms with E-state index in [2.05, 4.69) is 43.5 Å². The molecule has 1 aromatic carbocycles. The summed E-state index contributed by atoms with van der Waals surface area (Å²) >= 11 is 5.61. The van der Waals surface area contributed by atoms with Crippen LogP contribution in [0, 0.1) is 9.39 Å². The quantitative estimate of drug-likeness (QED) is 0.659. The third kappa shape index (κ3) is 1.69. The highest BCUT2D eigenvalue weighted by atomic mass is 127. The molecule has 0 N–H and O–H groups in total. The van der Waals surface area contributed by atoms with Crippen molar-refractivity contribution in [1.82, 2.24) is 4.98 Å². The van der Waals surface area contributed by atoms with Crippen LogP contribution in [0.3, 0.4) is 0 Å². The van der Waals surface area contributed by atoms with Gasteiger partial charge >= 0.3 is 0 Å². The minimum atomic E-state index is -0.256. The zero-order chi connectivity index (χ0) is 9.42. The van der Waals surface area contributed by atoms with Gasteiger partial charge in [-0.15, -0.1) is 0 Å². The Morgan fingerprint density at radius 3 is 2.92 bits per heavy atom. The van der Waals surface area contributed by atoms with Gasteiger partial charge in [-0.1, -0.05) is 0 Å². The number of fused-ring (bicyclic) bond motifs is 1. The summed E-state index contributed by atoms with van der Waals surface area (Å²) in [6.07, 6.45) is 1.71. The zero-order valence-corrected chi connectivity index (χ0v) is 10.1. The topological polar surface area (TPSA) is 12.9 Å². The van der Waals surface area contributed by atoms with Crippen LogP contribution >= 0.6 is 38.5 Å².